The number of aromatic nitrogens is 3. The number of nitrogens with zero attached hydrogens (tertiary/aromatic N) is 3. The van der Waals surface area contributed by atoms with Gasteiger partial charge in [-0.2, -0.15) is 5.10 Å². The van der Waals surface area contributed by atoms with Gasteiger partial charge < -0.3 is 14.6 Å². The lowest BCUT2D eigenvalue weighted by Crippen LogP contribution is -2.22. The predicted octanol–water partition coefficient (Wildman–Crippen LogP) is 4.34. The average Bonchev–Trinajstić information content (AvgIpc) is 3.25. The number of hydrogen-bond acceptors (Lipinski definition) is 3. The molecule has 2 aromatic heterocycles. The van der Waals surface area contributed by atoms with Gasteiger partial charge in [0.2, 0.25) is 0 Å². The Labute approximate surface area is 157 Å². The quantitative estimate of drug-likeness (QED) is 0.740. The third-order valence-electron chi connectivity index (χ3n) is 3.92. The summed E-state index contributed by atoms with van der Waals surface area (Å²) < 4.78 is 9.06. The molecule has 0 atom stereocenters. The Bertz CT molecular complexity index is 924. The molecule has 2 heterocycles. The van der Waals surface area contributed by atoms with Gasteiger partial charge in [0.25, 0.3) is 5.91 Å². The van der Waals surface area contributed by atoms with Gasteiger partial charge in [0, 0.05) is 24.7 Å². The summed E-state index contributed by atoms with van der Waals surface area (Å²) in [7, 11) is 1.52. The maximum absolute atomic E-state index is 12.7. The van der Waals surface area contributed by atoms with Gasteiger partial charge in [-0.1, -0.05) is 11.6 Å². The molecule has 0 aliphatic rings. The van der Waals surface area contributed by atoms with Gasteiger partial charge in [0.15, 0.2) is 0 Å². The van der Waals surface area contributed by atoms with E-state index in [4.69, 9.17) is 16.3 Å². The van der Waals surface area contributed by atoms with Crippen LogP contribution in [0.2, 0.25) is 5.02 Å². The molecule has 0 fully saturated rings. The first-order chi connectivity index (χ1) is 12.3. The molecule has 6 nitrogen and oxygen atoms in total. The molecule has 0 bridgehead atoms. The first-order valence-electron chi connectivity index (χ1n) is 8.17. The third kappa shape index (κ3) is 3.60. The molecular weight excluding hydrogens is 352 g/mol. The maximum Gasteiger partial charge on any atom is 0.259 e. The van der Waals surface area contributed by atoms with Crippen molar-refractivity contribution in [2.75, 3.05) is 12.4 Å². The lowest BCUT2D eigenvalue weighted by atomic mass is 10.1. The van der Waals surface area contributed by atoms with Crippen molar-refractivity contribution in [2.45, 2.75) is 26.3 Å². The molecule has 7 heteroatoms. The summed E-state index contributed by atoms with van der Waals surface area (Å²) >= 11 is 6.39. The van der Waals surface area contributed by atoms with Crippen molar-refractivity contribution in [2.24, 2.45) is 0 Å². The van der Waals surface area contributed by atoms with E-state index in [0.29, 0.717) is 22.0 Å². The second-order valence-electron chi connectivity index (χ2n) is 6.89. The Balaban J connectivity index is 1.89. The van der Waals surface area contributed by atoms with Crippen LogP contribution < -0.4 is 10.1 Å². The van der Waals surface area contributed by atoms with E-state index in [2.05, 4.69) is 10.4 Å². The molecule has 3 aromatic rings. The third-order valence-corrected chi connectivity index (χ3v) is 4.23. The minimum absolute atomic E-state index is 0.164. The topological polar surface area (TPSA) is 61.1 Å². The highest BCUT2D eigenvalue weighted by atomic mass is 35.5. The van der Waals surface area contributed by atoms with Crippen molar-refractivity contribution < 1.29 is 9.53 Å². The Kier molecular flexibility index (Phi) is 4.78. The molecule has 0 aliphatic carbocycles. The highest BCUT2D eigenvalue weighted by molar-refractivity contribution is 6.33. The zero-order valence-electron chi connectivity index (χ0n) is 15.2. The zero-order chi connectivity index (χ0) is 18.9. The van der Waals surface area contributed by atoms with Crippen molar-refractivity contribution in [1.29, 1.82) is 0 Å². The number of carbonyl (C=O) groups is 1. The lowest BCUT2D eigenvalue weighted by molar-refractivity contribution is 0.102. The summed E-state index contributed by atoms with van der Waals surface area (Å²) in [5, 5.41) is 7.58. The molecule has 0 unspecified atom stereocenters. The first kappa shape index (κ1) is 18.1. The highest BCUT2D eigenvalue weighted by Gasteiger charge is 2.19. The van der Waals surface area contributed by atoms with E-state index in [1.54, 1.807) is 29.2 Å². The number of anilines is 1. The molecule has 1 N–H and O–H groups in total. The van der Waals surface area contributed by atoms with Crippen molar-refractivity contribution in [1.82, 2.24) is 14.3 Å². The smallest absolute Gasteiger partial charge is 0.259 e. The van der Waals surface area contributed by atoms with E-state index in [1.807, 2.05) is 49.9 Å². The van der Waals surface area contributed by atoms with Crippen LogP contribution >= 0.6 is 11.6 Å². The molecule has 0 saturated carbocycles. The maximum atomic E-state index is 12.7. The van der Waals surface area contributed by atoms with Crippen LogP contribution in [-0.2, 0) is 5.54 Å². The van der Waals surface area contributed by atoms with Crippen LogP contribution in [0.5, 0.6) is 5.75 Å². The second kappa shape index (κ2) is 6.88. The first-order valence-corrected chi connectivity index (χ1v) is 8.55. The molecule has 136 valence electrons. The molecule has 1 amide bonds. The van der Waals surface area contributed by atoms with Gasteiger partial charge >= 0.3 is 0 Å². The number of nitrogens with one attached hydrogen (secondary N) is 1. The Morgan fingerprint density at radius 1 is 1.23 bits per heavy atom. The van der Waals surface area contributed by atoms with Crippen LogP contribution in [0.25, 0.3) is 5.69 Å². The van der Waals surface area contributed by atoms with Crippen molar-refractivity contribution in [3.05, 3.63) is 59.6 Å². The molecule has 0 radical (unpaired) electrons. The van der Waals surface area contributed by atoms with Crippen LogP contribution in [0.4, 0.5) is 5.69 Å². The van der Waals surface area contributed by atoms with Crippen LogP contribution in [0.15, 0.2) is 49.1 Å². The van der Waals surface area contributed by atoms with Crippen LogP contribution in [0, 0.1) is 0 Å². The van der Waals surface area contributed by atoms with Gasteiger partial charge in [-0.05, 0) is 39.0 Å². The summed E-state index contributed by atoms with van der Waals surface area (Å²) in [6.07, 6.45) is 7.16. The normalized spacial score (nSPS) is 11.4. The van der Waals surface area contributed by atoms with Gasteiger partial charge in [-0.15, -0.1) is 0 Å². The van der Waals surface area contributed by atoms with Crippen molar-refractivity contribution in [3.63, 3.8) is 0 Å². The fourth-order valence-corrected chi connectivity index (χ4v) is 2.80. The summed E-state index contributed by atoms with van der Waals surface area (Å²) in [4.78, 5) is 12.7. The van der Waals surface area contributed by atoms with Gasteiger partial charge in [0.05, 0.1) is 40.8 Å². The number of rotatable bonds is 4. The minimum Gasteiger partial charge on any atom is -0.496 e. The standard InChI is InChI=1S/C19H21ClN4O2/c1-19(2,3)24-12-13(11-21-24)22-18(25)14-9-15(20)16(10-17(14)26-4)23-7-5-6-8-23/h5-12H,1-4H3,(H,22,25). The molecular formula is C19H21ClN4O2. The Hall–Kier alpha value is -2.73. The zero-order valence-corrected chi connectivity index (χ0v) is 15.9. The van der Waals surface area contributed by atoms with Crippen molar-refractivity contribution in [3.8, 4) is 11.4 Å². The monoisotopic (exact) mass is 372 g/mol. The van der Waals surface area contributed by atoms with Crippen LogP contribution in [0.3, 0.4) is 0 Å². The van der Waals surface area contributed by atoms with Gasteiger partial charge in [-0.3, -0.25) is 9.48 Å². The van der Waals surface area contributed by atoms with Crippen LogP contribution in [-0.4, -0.2) is 27.4 Å². The largest absolute Gasteiger partial charge is 0.496 e. The van der Waals surface area contributed by atoms with Crippen LogP contribution in [0.1, 0.15) is 31.1 Å². The number of ether oxygens (including phenoxy) is 1. The number of benzene rings is 1. The van der Waals surface area contributed by atoms with Gasteiger partial charge in [0.1, 0.15) is 5.75 Å². The summed E-state index contributed by atoms with van der Waals surface area (Å²) in [5.41, 5.74) is 1.54. The summed E-state index contributed by atoms with van der Waals surface area (Å²) in [5.74, 6) is 0.134. The molecule has 26 heavy (non-hydrogen) atoms. The fraction of sp³-hybridized carbons (Fsp3) is 0.263. The summed E-state index contributed by atoms with van der Waals surface area (Å²) in [6, 6.07) is 7.15. The Morgan fingerprint density at radius 2 is 1.92 bits per heavy atom. The molecule has 1 aromatic carbocycles. The SMILES string of the molecule is COc1cc(-n2cccc2)c(Cl)cc1C(=O)Nc1cnn(C(C)(C)C)c1. The van der Waals surface area contributed by atoms with E-state index in [0.717, 1.165) is 5.69 Å². The number of amides is 1. The van der Waals surface area contributed by atoms with Gasteiger partial charge in [-0.25, -0.2) is 0 Å². The van der Waals surface area contributed by atoms with E-state index in [9.17, 15) is 4.79 Å². The molecule has 0 spiro atoms. The van der Waals surface area contributed by atoms with E-state index in [1.165, 1.54) is 7.11 Å². The average molecular weight is 373 g/mol. The number of hydrogen-bond donors (Lipinski definition) is 1. The number of methoxy groups -OCH3 is 1. The number of halogens is 1. The molecule has 0 saturated heterocycles. The highest BCUT2D eigenvalue weighted by Crippen LogP contribution is 2.30. The van der Waals surface area contributed by atoms with E-state index >= 15 is 0 Å². The molecule has 3 rings (SSSR count). The second-order valence-corrected chi connectivity index (χ2v) is 7.30. The predicted molar refractivity (Wildman–Crippen MR) is 103 cm³/mol. The lowest BCUT2D eigenvalue weighted by Gasteiger charge is -2.18. The Morgan fingerprint density at radius 3 is 2.50 bits per heavy atom. The molecule has 0 aliphatic heterocycles. The number of carbonyl (C=O) groups excluding carboxylic acids is 1. The minimum atomic E-state index is -0.309. The van der Waals surface area contributed by atoms with Crippen molar-refractivity contribution >= 4 is 23.2 Å². The fourth-order valence-electron chi connectivity index (χ4n) is 2.53. The van der Waals surface area contributed by atoms with E-state index in [-0.39, 0.29) is 11.4 Å². The van der Waals surface area contributed by atoms with E-state index < -0.39 is 0 Å². The summed E-state index contributed by atoms with van der Waals surface area (Å²) in [6.45, 7) is 6.11.